The zero-order valence-electron chi connectivity index (χ0n) is 14.7. The molecule has 2 aromatic carbocycles. The molecule has 0 atom stereocenters. The summed E-state index contributed by atoms with van der Waals surface area (Å²) in [6.07, 6.45) is 2.25. The van der Waals surface area contributed by atoms with E-state index < -0.39 is 5.82 Å². The Hall–Kier alpha value is -3.22. The largest absolute Gasteiger partial charge is 0.345 e. The summed E-state index contributed by atoms with van der Waals surface area (Å²) in [5.74, 6) is -0.930. The summed E-state index contributed by atoms with van der Waals surface area (Å²) < 4.78 is 13.9. The number of imidazole rings is 1. The zero-order valence-corrected chi connectivity index (χ0v) is 14.7. The van der Waals surface area contributed by atoms with Gasteiger partial charge in [0, 0.05) is 31.7 Å². The molecule has 4 rings (SSSR count). The number of rotatable bonds is 2. The van der Waals surface area contributed by atoms with Gasteiger partial charge in [0.25, 0.3) is 11.8 Å². The van der Waals surface area contributed by atoms with Gasteiger partial charge < -0.3 is 14.8 Å². The Morgan fingerprint density at radius 2 is 1.70 bits per heavy atom. The first-order chi connectivity index (χ1) is 13.1. The minimum Gasteiger partial charge on any atom is -0.345 e. The summed E-state index contributed by atoms with van der Waals surface area (Å²) in [5.41, 5.74) is 2.28. The van der Waals surface area contributed by atoms with E-state index in [2.05, 4.69) is 9.97 Å². The van der Waals surface area contributed by atoms with Gasteiger partial charge in [-0.15, -0.1) is 0 Å². The second-order valence-electron chi connectivity index (χ2n) is 6.55. The molecule has 1 fully saturated rings. The van der Waals surface area contributed by atoms with Gasteiger partial charge in [0.05, 0.1) is 22.9 Å². The minimum absolute atomic E-state index is 0.0713. The van der Waals surface area contributed by atoms with Crippen LogP contribution in [0.3, 0.4) is 0 Å². The normalized spacial score (nSPS) is 15.0. The molecule has 3 aromatic rings. The molecule has 1 saturated heterocycles. The molecule has 1 aliphatic heterocycles. The number of H-pyrrole nitrogens is 1. The van der Waals surface area contributed by atoms with Gasteiger partial charge in [-0.05, 0) is 36.8 Å². The van der Waals surface area contributed by atoms with Crippen molar-refractivity contribution in [2.45, 2.75) is 6.42 Å². The number of aromatic nitrogens is 2. The number of fused-ring (bicyclic) bond motifs is 1. The quantitative estimate of drug-likeness (QED) is 0.758. The van der Waals surface area contributed by atoms with E-state index in [0.29, 0.717) is 38.2 Å². The lowest BCUT2D eigenvalue weighted by Gasteiger charge is -2.22. The molecule has 2 heterocycles. The van der Waals surface area contributed by atoms with Crippen LogP contribution in [0.15, 0.2) is 48.8 Å². The number of benzene rings is 2. The monoisotopic (exact) mass is 366 g/mol. The van der Waals surface area contributed by atoms with Crippen LogP contribution in [0.25, 0.3) is 11.0 Å². The number of carbonyl (C=O) groups is 2. The minimum atomic E-state index is -0.521. The SMILES string of the molecule is O=C(c1ccc2nc[nH]c2c1)N1CCCN(C(=O)c2ccccc2F)CC1. The number of amides is 2. The molecule has 0 unspecified atom stereocenters. The Kier molecular flexibility index (Phi) is 4.58. The average Bonchev–Trinajstić information content (AvgIpc) is 3.02. The van der Waals surface area contributed by atoms with Crippen molar-refractivity contribution in [1.82, 2.24) is 19.8 Å². The van der Waals surface area contributed by atoms with E-state index in [-0.39, 0.29) is 17.4 Å². The van der Waals surface area contributed by atoms with Gasteiger partial charge in [-0.3, -0.25) is 9.59 Å². The van der Waals surface area contributed by atoms with E-state index >= 15 is 0 Å². The molecule has 1 aliphatic rings. The fourth-order valence-electron chi connectivity index (χ4n) is 3.38. The molecule has 0 aliphatic carbocycles. The molecule has 27 heavy (non-hydrogen) atoms. The van der Waals surface area contributed by atoms with E-state index in [9.17, 15) is 14.0 Å². The third-order valence-corrected chi connectivity index (χ3v) is 4.84. The number of carbonyl (C=O) groups excluding carboxylic acids is 2. The van der Waals surface area contributed by atoms with Gasteiger partial charge in [0.2, 0.25) is 0 Å². The Balaban J connectivity index is 1.47. The third kappa shape index (κ3) is 3.40. The van der Waals surface area contributed by atoms with Crippen LogP contribution < -0.4 is 0 Å². The zero-order chi connectivity index (χ0) is 18.8. The fourth-order valence-corrected chi connectivity index (χ4v) is 3.38. The lowest BCUT2D eigenvalue weighted by molar-refractivity contribution is 0.0716. The molecule has 6 nitrogen and oxygen atoms in total. The molecule has 0 radical (unpaired) electrons. The summed E-state index contributed by atoms with van der Waals surface area (Å²) in [5, 5.41) is 0. The molecule has 0 saturated carbocycles. The standard InChI is InChI=1S/C20H19FN4O2/c21-16-5-2-1-4-15(16)20(27)25-9-3-8-24(10-11-25)19(26)14-6-7-17-18(12-14)23-13-22-17/h1-2,4-7,12-13H,3,8-11H2,(H,22,23). The Morgan fingerprint density at radius 3 is 2.48 bits per heavy atom. The average molecular weight is 366 g/mol. The Morgan fingerprint density at radius 1 is 0.963 bits per heavy atom. The van der Waals surface area contributed by atoms with Crippen molar-refractivity contribution in [2.24, 2.45) is 0 Å². The maximum absolute atomic E-state index is 13.9. The van der Waals surface area contributed by atoms with Crippen LogP contribution in [0, 0.1) is 5.82 Å². The van der Waals surface area contributed by atoms with Gasteiger partial charge in [-0.25, -0.2) is 9.37 Å². The van der Waals surface area contributed by atoms with E-state index in [4.69, 9.17) is 0 Å². The second-order valence-corrected chi connectivity index (χ2v) is 6.55. The highest BCUT2D eigenvalue weighted by Crippen LogP contribution is 2.16. The maximum atomic E-state index is 13.9. The van der Waals surface area contributed by atoms with Crippen molar-refractivity contribution in [1.29, 1.82) is 0 Å². The van der Waals surface area contributed by atoms with Crippen LogP contribution in [0.1, 0.15) is 27.1 Å². The van der Waals surface area contributed by atoms with Crippen LogP contribution in [0.2, 0.25) is 0 Å². The number of hydrogen-bond donors (Lipinski definition) is 1. The number of halogens is 1. The highest BCUT2D eigenvalue weighted by atomic mass is 19.1. The number of aromatic amines is 1. The van der Waals surface area contributed by atoms with E-state index in [1.165, 1.54) is 12.1 Å². The summed E-state index contributed by atoms with van der Waals surface area (Å²) >= 11 is 0. The Bertz CT molecular complexity index is 1000. The molecular weight excluding hydrogens is 347 g/mol. The molecule has 7 heteroatoms. The molecule has 0 bridgehead atoms. The predicted octanol–water partition coefficient (Wildman–Crippen LogP) is 2.69. The van der Waals surface area contributed by atoms with E-state index in [1.54, 1.807) is 40.4 Å². The van der Waals surface area contributed by atoms with Crippen LogP contribution >= 0.6 is 0 Å². The van der Waals surface area contributed by atoms with Gasteiger partial charge in [-0.2, -0.15) is 0 Å². The van der Waals surface area contributed by atoms with Crippen LogP contribution in [0.4, 0.5) is 4.39 Å². The van der Waals surface area contributed by atoms with Crippen molar-refractivity contribution in [3.8, 4) is 0 Å². The topological polar surface area (TPSA) is 69.3 Å². The first-order valence-electron chi connectivity index (χ1n) is 8.90. The summed E-state index contributed by atoms with van der Waals surface area (Å²) in [6.45, 7) is 1.85. The summed E-state index contributed by atoms with van der Waals surface area (Å²) in [4.78, 5) is 36.0. The van der Waals surface area contributed by atoms with Crippen molar-refractivity contribution in [3.63, 3.8) is 0 Å². The summed E-state index contributed by atoms with van der Waals surface area (Å²) in [6, 6.07) is 11.3. The number of hydrogen-bond acceptors (Lipinski definition) is 3. The number of nitrogens with zero attached hydrogens (tertiary/aromatic N) is 3. The van der Waals surface area contributed by atoms with Crippen molar-refractivity contribution < 1.29 is 14.0 Å². The second kappa shape index (κ2) is 7.19. The van der Waals surface area contributed by atoms with Gasteiger partial charge in [-0.1, -0.05) is 12.1 Å². The van der Waals surface area contributed by atoms with Crippen LogP contribution in [0.5, 0.6) is 0 Å². The first kappa shape index (κ1) is 17.2. The highest BCUT2D eigenvalue weighted by molar-refractivity contribution is 5.97. The van der Waals surface area contributed by atoms with Crippen molar-refractivity contribution in [3.05, 3.63) is 65.7 Å². The summed E-state index contributed by atoms with van der Waals surface area (Å²) in [7, 11) is 0. The van der Waals surface area contributed by atoms with Crippen molar-refractivity contribution in [2.75, 3.05) is 26.2 Å². The van der Waals surface area contributed by atoms with Gasteiger partial charge in [0.15, 0.2) is 0 Å². The van der Waals surface area contributed by atoms with E-state index in [0.717, 1.165) is 11.0 Å². The molecule has 1 N–H and O–H groups in total. The third-order valence-electron chi connectivity index (χ3n) is 4.84. The predicted molar refractivity (Wildman–Crippen MR) is 98.9 cm³/mol. The van der Waals surface area contributed by atoms with Gasteiger partial charge >= 0.3 is 0 Å². The highest BCUT2D eigenvalue weighted by Gasteiger charge is 2.25. The molecule has 1 aromatic heterocycles. The molecule has 0 spiro atoms. The van der Waals surface area contributed by atoms with Crippen LogP contribution in [-0.4, -0.2) is 57.8 Å². The molecular formula is C20H19FN4O2. The lowest BCUT2D eigenvalue weighted by atomic mass is 10.1. The first-order valence-corrected chi connectivity index (χ1v) is 8.90. The van der Waals surface area contributed by atoms with Crippen LogP contribution in [-0.2, 0) is 0 Å². The molecule has 138 valence electrons. The molecule has 2 amide bonds. The Labute approximate surface area is 155 Å². The fraction of sp³-hybridized carbons (Fsp3) is 0.250. The smallest absolute Gasteiger partial charge is 0.256 e. The lowest BCUT2D eigenvalue weighted by Crippen LogP contribution is -2.37. The van der Waals surface area contributed by atoms with Gasteiger partial charge in [0.1, 0.15) is 5.82 Å². The maximum Gasteiger partial charge on any atom is 0.256 e. The van der Waals surface area contributed by atoms with Crippen molar-refractivity contribution >= 4 is 22.8 Å². The number of nitrogens with one attached hydrogen (secondary N) is 1. The van der Waals surface area contributed by atoms with E-state index in [1.807, 2.05) is 6.07 Å².